The first kappa shape index (κ1) is 9.41. The summed E-state index contributed by atoms with van der Waals surface area (Å²) in [4.78, 5) is 2.28. The lowest BCUT2D eigenvalue weighted by Gasteiger charge is -2.21. The van der Waals surface area contributed by atoms with Crippen LogP contribution in [0.5, 0.6) is 0 Å². The van der Waals surface area contributed by atoms with Crippen LogP contribution in [-0.4, -0.2) is 43.8 Å². The third-order valence-corrected chi connectivity index (χ3v) is 3.39. The van der Waals surface area contributed by atoms with Gasteiger partial charge in [0.15, 0.2) is 0 Å². The van der Waals surface area contributed by atoms with E-state index in [0.29, 0.717) is 6.54 Å². The second kappa shape index (κ2) is 3.93. The lowest BCUT2D eigenvalue weighted by molar-refractivity contribution is 0.238. The van der Waals surface area contributed by atoms with Crippen molar-refractivity contribution in [3.8, 4) is 0 Å². The number of hydrogen-bond acceptors (Lipinski definition) is 2. The molecule has 2 heterocycles. The Hall–Kier alpha value is -0.150. The van der Waals surface area contributed by atoms with Crippen molar-refractivity contribution in [2.24, 2.45) is 11.8 Å². The molecule has 1 N–H and O–H groups in total. The maximum Gasteiger partial charge on any atom is 0.114 e. The fourth-order valence-electron chi connectivity index (χ4n) is 2.39. The van der Waals surface area contributed by atoms with Crippen molar-refractivity contribution in [3.63, 3.8) is 0 Å². The zero-order valence-corrected chi connectivity index (χ0v) is 8.30. The molecule has 0 radical (unpaired) electrons. The molecule has 0 aromatic heterocycles. The van der Waals surface area contributed by atoms with Gasteiger partial charge in [-0.1, -0.05) is 6.92 Å². The number of hydrogen-bond donors (Lipinski definition) is 1. The SMILES string of the molecule is CC1CNCC1CN1CCC(F)C1. The van der Waals surface area contributed by atoms with Crippen LogP contribution in [0, 0.1) is 11.8 Å². The molecular formula is C10H19FN2. The fraction of sp³-hybridized carbons (Fsp3) is 1.00. The monoisotopic (exact) mass is 186 g/mol. The zero-order valence-electron chi connectivity index (χ0n) is 8.30. The van der Waals surface area contributed by atoms with Crippen LogP contribution < -0.4 is 5.32 Å². The van der Waals surface area contributed by atoms with Crippen LogP contribution in [0.1, 0.15) is 13.3 Å². The molecule has 0 amide bonds. The van der Waals surface area contributed by atoms with E-state index < -0.39 is 6.17 Å². The molecule has 2 rings (SSSR count). The highest BCUT2D eigenvalue weighted by Crippen LogP contribution is 2.20. The summed E-state index contributed by atoms with van der Waals surface area (Å²) in [7, 11) is 0. The van der Waals surface area contributed by atoms with Gasteiger partial charge in [-0.15, -0.1) is 0 Å². The molecule has 0 aliphatic carbocycles. The third-order valence-electron chi connectivity index (χ3n) is 3.39. The maximum absolute atomic E-state index is 12.9. The molecule has 2 saturated heterocycles. The molecule has 0 bridgehead atoms. The van der Waals surface area contributed by atoms with Crippen molar-refractivity contribution in [2.75, 3.05) is 32.7 Å². The molecule has 0 spiro atoms. The van der Waals surface area contributed by atoms with Gasteiger partial charge in [-0.25, -0.2) is 4.39 Å². The van der Waals surface area contributed by atoms with Crippen LogP contribution >= 0.6 is 0 Å². The summed E-state index contributed by atoms with van der Waals surface area (Å²) in [5, 5.41) is 3.39. The van der Waals surface area contributed by atoms with Crippen molar-refractivity contribution >= 4 is 0 Å². The Morgan fingerprint density at radius 1 is 1.46 bits per heavy atom. The topological polar surface area (TPSA) is 15.3 Å². The first-order valence-electron chi connectivity index (χ1n) is 5.33. The van der Waals surface area contributed by atoms with E-state index in [1.54, 1.807) is 0 Å². The molecule has 0 saturated carbocycles. The minimum absolute atomic E-state index is 0.565. The second-order valence-corrected chi connectivity index (χ2v) is 4.54. The Bertz CT molecular complexity index is 174. The molecule has 76 valence electrons. The molecule has 2 fully saturated rings. The molecule has 0 aromatic carbocycles. The molecule has 2 aliphatic heterocycles. The molecule has 3 unspecified atom stereocenters. The van der Waals surface area contributed by atoms with E-state index in [1.165, 1.54) is 0 Å². The van der Waals surface area contributed by atoms with Crippen molar-refractivity contribution in [3.05, 3.63) is 0 Å². The van der Waals surface area contributed by atoms with Crippen LogP contribution in [0.2, 0.25) is 0 Å². The molecule has 2 nitrogen and oxygen atoms in total. The summed E-state index contributed by atoms with van der Waals surface area (Å²) < 4.78 is 12.9. The summed E-state index contributed by atoms with van der Waals surface area (Å²) in [6, 6.07) is 0. The minimum atomic E-state index is -0.565. The van der Waals surface area contributed by atoms with Gasteiger partial charge in [-0.2, -0.15) is 0 Å². The molecule has 13 heavy (non-hydrogen) atoms. The number of nitrogens with zero attached hydrogens (tertiary/aromatic N) is 1. The van der Waals surface area contributed by atoms with Crippen molar-refractivity contribution in [1.82, 2.24) is 10.2 Å². The largest absolute Gasteiger partial charge is 0.316 e. The van der Waals surface area contributed by atoms with E-state index in [-0.39, 0.29) is 0 Å². The molecule has 2 aliphatic rings. The first-order valence-corrected chi connectivity index (χ1v) is 5.33. The third kappa shape index (κ3) is 2.20. The van der Waals surface area contributed by atoms with Crippen LogP contribution in [0.15, 0.2) is 0 Å². The Labute approximate surface area is 79.5 Å². The Morgan fingerprint density at radius 3 is 2.85 bits per heavy atom. The second-order valence-electron chi connectivity index (χ2n) is 4.54. The Balaban J connectivity index is 1.77. The average molecular weight is 186 g/mol. The van der Waals surface area contributed by atoms with Gasteiger partial charge < -0.3 is 10.2 Å². The Kier molecular flexibility index (Phi) is 2.84. The predicted octanol–water partition coefficient (Wildman–Crippen LogP) is 0.886. The fourth-order valence-corrected chi connectivity index (χ4v) is 2.39. The summed E-state index contributed by atoms with van der Waals surface area (Å²) in [6.45, 7) is 7.27. The molecule has 3 heteroatoms. The number of rotatable bonds is 2. The van der Waals surface area contributed by atoms with E-state index in [4.69, 9.17) is 0 Å². The highest BCUT2D eigenvalue weighted by atomic mass is 19.1. The molecule has 3 atom stereocenters. The minimum Gasteiger partial charge on any atom is -0.316 e. The van der Waals surface area contributed by atoms with E-state index >= 15 is 0 Å². The van der Waals surface area contributed by atoms with Gasteiger partial charge in [0.2, 0.25) is 0 Å². The zero-order chi connectivity index (χ0) is 9.26. The molecule has 0 aromatic rings. The van der Waals surface area contributed by atoms with Gasteiger partial charge in [0, 0.05) is 19.6 Å². The summed E-state index contributed by atoms with van der Waals surface area (Å²) >= 11 is 0. The quantitative estimate of drug-likeness (QED) is 0.689. The van der Waals surface area contributed by atoms with Gasteiger partial charge in [-0.3, -0.25) is 0 Å². The number of likely N-dealkylation sites (tertiary alicyclic amines) is 1. The predicted molar refractivity (Wildman–Crippen MR) is 51.5 cm³/mol. The summed E-state index contributed by atoms with van der Waals surface area (Å²) in [5.74, 6) is 1.50. The van der Waals surface area contributed by atoms with Crippen molar-refractivity contribution < 1.29 is 4.39 Å². The standard InChI is InChI=1S/C10H19FN2/c1-8-4-12-5-9(8)6-13-3-2-10(11)7-13/h8-10,12H,2-7H2,1H3. The first-order chi connectivity index (χ1) is 6.25. The normalized spacial score (nSPS) is 41.5. The number of halogens is 1. The van der Waals surface area contributed by atoms with Gasteiger partial charge in [0.25, 0.3) is 0 Å². The van der Waals surface area contributed by atoms with Crippen LogP contribution in [0.3, 0.4) is 0 Å². The highest BCUT2D eigenvalue weighted by molar-refractivity contribution is 4.83. The van der Waals surface area contributed by atoms with E-state index in [0.717, 1.165) is 44.4 Å². The van der Waals surface area contributed by atoms with Gasteiger partial charge in [0.1, 0.15) is 6.17 Å². The average Bonchev–Trinajstić information content (AvgIpc) is 2.64. The van der Waals surface area contributed by atoms with Gasteiger partial charge >= 0.3 is 0 Å². The Morgan fingerprint density at radius 2 is 2.31 bits per heavy atom. The smallest absolute Gasteiger partial charge is 0.114 e. The van der Waals surface area contributed by atoms with Crippen LogP contribution in [0.4, 0.5) is 4.39 Å². The summed E-state index contributed by atoms with van der Waals surface area (Å²) in [5.41, 5.74) is 0. The number of alkyl halides is 1. The van der Waals surface area contributed by atoms with Crippen molar-refractivity contribution in [2.45, 2.75) is 19.5 Å². The van der Waals surface area contributed by atoms with Crippen molar-refractivity contribution in [1.29, 1.82) is 0 Å². The van der Waals surface area contributed by atoms with Crippen LogP contribution in [-0.2, 0) is 0 Å². The van der Waals surface area contributed by atoms with E-state index in [1.807, 2.05) is 0 Å². The summed E-state index contributed by atoms with van der Waals surface area (Å²) in [6.07, 6.45) is 0.179. The maximum atomic E-state index is 12.9. The highest BCUT2D eigenvalue weighted by Gasteiger charge is 2.28. The lowest BCUT2D eigenvalue weighted by Crippen LogP contribution is -2.30. The lowest BCUT2D eigenvalue weighted by atomic mass is 9.98. The van der Waals surface area contributed by atoms with E-state index in [9.17, 15) is 4.39 Å². The van der Waals surface area contributed by atoms with Gasteiger partial charge in [0.05, 0.1) is 0 Å². The van der Waals surface area contributed by atoms with E-state index in [2.05, 4.69) is 17.1 Å². The number of nitrogens with one attached hydrogen (secondary N) is 1. The molecular weight excluding hydrogens is 167 g/mol. The van der Waals surface area contributed by atoms with Crippen LogP contribution in [0.25, 0.3) is 0 Å². The van der Waals surface area contributed by atoms with Gasteiger partial charge in [-0.05, 0) is 31.3 Å².